The van der Waals surface area contributed by atoms with Crippen LogP contribution in [0.3, 0.4) is 0 Å². The smallest absolute Gasteiger partial charge is 0.243 e. The average molecular weight is 424 g/mol. The normalized spacial score (nSPS) is 10.9. The molecule has 2 aromatic heterocycles. The van der Waals surface area contributed by atoms with Crippen molar-refractivity contribution in [2.24, 2.45) is 0 Å². The molecule has 3 rings (SSSR count). The molecule has 0 aliphatic rings. The van der Waals surface area contributed by atoms with E-state index in [0.29, 0.717) is 24.7 Å². The standard InChI is InChI=1S/C23H25N3O3S/c1-3-29-20-8-6-17(15-21(20)28-2)7-9-22(27)25-12-4-5-23-26-19(16-30-23)18-10-13-24-14-11-18/h6-11,13-16H,3-5,12H2,1-2H3,(H,25,27)/b9-7+. The van der Waals surface area contributed by atoms with E-state index in [0.717, 1.165) is 34.7 Å². The summed E-state index contributed by atoms with van der Waals surface area (Å²) in [7, 11) is 1.60. The number of aryl methyl sites for hydroxylation is 1. The summed E-state index contributed by atoms with van der Waals surface area (Å²) in [6.45, 7) is 3.09. The highest BCUT2D eigenvalue weighted by atomic mass is 32.1. The number of rotatable bonds is 10. The Morgan fingerprint density at radius 2 is 2.03 bits per heavy atom. The topological polar surface area (TPSA) is 73.3 Å². The van der Waals surface area contributed by atoms with Crippen molar-refractivity contribution in [2.45, 2.75) is 19.8 Å². The predicted molar refractivity (Wildman–Crippen MR) is 120 cm³/mol. The van der Waals surface area contributed by atoms with Crippen LogP contribution in [0.4, 0.5) is 0 Å². The summed E-state index contributed by atoms with van der Waals surface area (Å²) in [5, 5.41) is 6.02. The maximum absolute atomic E-state index is 12.1. The maximum atomic E-state index is 12.1. The number of nitrogens with zero attached hydrogens (tertiary/aromatic N) is 2. The second-order valence-corrected chi connectivity index (χ2v) is 7.38. The van der Waals surface area contributed by atoms with Crippen molar-refractivity contribution in [2.75, 3.05) is 20.3 Å². The lowest BCUT2D eigenvalue weighted by molar-refractivity contribution is -0.116. The van der Waals surface area contributed by atoms with E-state index in [4.69, 9.17) is 9.47 Å². The SMILES string of the molecule is CCOc1ccc(/C=C/C(=O)NCCCc2nc(-c3ccncc3)cs2)cc1OC. The Morgan fingerprint density at radius 1 is 1.20 bits per heavy atom. The van der Waals surface area contributed by atoms with Gasteiger partial charge in [0, 0.05) is 42.4 Å². The lowest BCUT2D eigenvalue weighted by Crippen LogP contribution is -2.22. The number of ether oxygens (including phenoxy) is 2. The molecule has 0 saturated heterocycles. The molecule has 1 amide bonds. The predicted octanol–water partition coefficient (Wildman–Crippen LogP) is 4.37. The van der Waals surface area contributed by atoms with E-state index in [-0.39, 0.29) is 5.91 Å². The van der Waals surface area contributed by atoms with Crippen molar-refractivity contribution < 1.29 is 14.3 Å². The maximum Gasteiger partial charge on any atom is 0.243 e. The van der Waals surface area contributed by atoms with Crippen LogP contribution < -0.4 is 14.8 Å². The van der Waals surface area contributed by atoms with Crippen molar-refractivity contribution >= 4 is 23.3 Å². The molecule has 6 nitrogen and oxygen atoms in total. The number of nitrogens with one attached hydrogen (secondary N) is 1. The Labute approximate surface area is 180 Å². The Bertz CT molecular complexity index is 986. The van der Waals surface area contributed by atoms with Gasteiger partial charge in [-0.1, -0.05) is 6.07 Å². The quantitative estimate of drug-likeness (QED) is 0.387. The van der Waals surface area contributed by atoms with Gasteiger partial charge in [0.2, 0.25) is 5.91 Å². The summed E-state index contributed by atoms with van der Waals surface area (Å²) in [5.74, 6) is 1.21. The number of thiazole rings is 1. The Kier molecular flexibility index (Phi) is 7.97. The number of amides is 1. The van der Waals surface area contributed by atoms with E-state index in [2.05, 4.69) is 20.7 Å². The number of carbonyl (C=O) groups is 1. The highest BCUT2D eigenvalue weighted by Crippen LogP contribution is 2.28. The van der Waals surface area contributed by atoms with Gasteiger partial charge < -0.3 is 14.8 Å². The lowest BCUT2D eigenvalue weighted by atomic mass is 10.2. The third kappa shape index (κ3) is 6.15. The Balaban J connectivity index is 1.43. The summed E-state index contributed by atoms with van der Waals surface area (Å²) in [6.07, 6.45) is 8.48. The summed E-state index contributed by atoms with van der Waals surface area (Å²) in [6, 6.07) is 9.47. The van der Waals surface area contributed by atoms with Crippen LogP contribution in [0, 0.1) is 0 Å². The molecular formula is C23H25N3O3S. The van der Waals surface area contributed by atoms with Gasteiger partial charge in [-0.3, -0.25) is 9.78 Å². The molecule has 0 radical (unpaired) electrons. The van der Waals surface area contributed by atoms with Gasteiger partial charge in [-0.05, 0) is 49.2 Å². The average Bonchev–Trinajstić information content (AvgIpc) is 3.26. The fourth-order valence-corrected chi connectivity index (χ4v) is 3.68. The van der Waals surface area contributed by atoms with Gasteiger partial charge >= 0.3 is 0 Å². The number of carbonyl (C=O) groups excluding carboxylic acids is 1. The van der Waals surface area contributed by atoms with Crippen LogP contribution in [0.25, 0.3) is 17.3 Å². The molecular weight excluding hydrogens is 398 g/mol. The summed E-state index contributed by atoms with van der Waals surface area (Å²) < 4.78 is 10.8. The van der Waals surface area contributed by atoms with Crippen LogP contribution in [0.2, 0.25) is 0 Å². The lowest BCUT2D eigenvalue weighted by Gasteiger charge is -2.09. The van der Waals surface area contributed by atoms with E-state index < -0.39 is 0 Å². The highest BCUT2D eigenvalue weighted by molar-refractivity contribution is 7.09. The number of pyridine rings is 1. The molecule has 0 saturated carbocycles. The Morgan fingerprint density at radius 3 is 2.80 bits per heavy atom. The second kappa shape index (κ2) is 11.1. The zero-order valence-corrected chi connectivity index (χ0v) is 17.9. The third-order valence-corrected chi connectivity index (χ3v) is 5.22. The van der Waals surface area contributed by atoms with E-state index in [9.17, 15) is 4.79 Å². The van der Waals surface area contributed by atoms with Crippen LogP contribution in [-0.2, 0) is 11.2 Å². The molecule has 156 valence electrons. The third-order valence-electron chi connectivity index (χ3n) is 4.31. The van der Waals surface area contributed by atoms with E-state index >= 15 is 0 Å². The molecule has 7 heteroatoms. The molecule has 1 N–H and O–H groups in total. The first-order chi connectivity index (χ1) is 14.7. The zero-order valence-electron chi connectivity index (χ0n) is 17.1. The molecule has 0 bridgehead atoms. The van der Waals surface area contributed by atoms with Crippen molar-refractivity contribution in [1.29, 1.82) is 0 Å². The van der Waals surface area contributed by atoms with Gasteiger partial charge in [0.25, 0.3) is 0 Å². The molecule has 0 spiro atoms. The summed E-state index contributed by atoms with van der Waals surface area (Å²) >= 11 is 1.64. The van der Waals surface area contributed by atoms with Crippen molar-refractivity contribution in [3.05, 3.63) is 64.8 Å². The van der Waals surface area contributed by atoms with Crippen molar-refractivity contribution in [3.63, 3.8) is 0 Å². The fourth-order valence-electron chi connectivity index (χ4n) is 2.83. The number of methoxy groups -OCH3 is 1. The molecule has 0 aliphatic heterocycles. The molecule has 0 fully saturated rings. The number of benzene rings is 1. The zero-order chi connectivity index (χ0) is 21.2. The van der Waals surface area contributed by atoms with E-state index in [1.807, 2.05) is 37.3 Å². The molecule has 2 heterocycles. The Hall–Kier alpha value is -3.19. The van der Waals surface area contributed by atoms with Crippen LogP contribution >= 0.6 is 11.3 Å². The molecule has 0 aliphatic carbocycles. The fraction of sp³-hybridized carbons (Fsp3) is 0.261. The minimum absolute atomic E-state index is 0.125. The molecule has 0 atom stereocenters. The number of aromatic nitrogens is 2. The first-order valence-electron chi connectivity index (χ1n) is 9.81. The van der Waals surface area contributed by atoms with Crippen molar-refractivity contribution in [1.82, 2.24) is 15.3 Å². The first-order valence-corrected chi connectivity index (χ1v) is 10.7. The molecule has 3 aromatic rings. The highest BCUT2D eigenvalue weighted by Gasteiger charge is 2.06. The van der Waals surface area contributed by atoms with Gasteiger partial charge in [0.15, 0.2) is 11.5 Å². The minimum Gasteiger partial charge on any atom is -0.493 e. The van der Waals surface area contributed by atoms with Crippen LogP contribution in [0.1, 0.15) is 23.9 Å². The van der Waals surface area contributed by atoms with Crippen molar-refractivity contribution in [3.8, 4) is 22.8 Å². The molecule has 0 unspecified atom stereocenters. The summed E-state index contributed by atoms with van der Waals surface area (Å²) in [4.78, 5) is 20.7. The number of hydrogen-bond donors (Lipinski definition) is 1. The number of hydrogen-bond acceptors (Lipinski definition) is 6. The van der Waals surface area contributed by atoms with Gasteiger partial charge in [-0.2, -0.15) is 0 Å². The van der Waals surface area contributed by atoms with E-state index in [1.54, 1.807) is 36.9 Å². The van der Waals surface area contributed by atoms with Crippen LogP contribution in [-0.4, -0.2) is 36.1 Å². The van der Waals surface area contributed by atoms with Gasteiger partial charge in [-0.25, -0.2) is 4.98 Å². The van der Waals surface area contributed by atoms with Crippen LogP contribution in [0.15, 0.2) is 54.2 Å². The van der Waals surface area contributed by atoms with Gasteiger partial charge in [0.1, 0.15) is 0 Å². The van der Waals surface area contributed by atoms with E-state index in [1.165, 1.54) is 6.08 Å². The molecule has 1 aromatic carbocycles. The molecule has 30 heavy (non-hydrogen) atoms. The van der Waals surface area contributed by atoms with Gasteiger partial charge in [0.05, 0.1) is 24.4 Å². The minimum atomic E-state index is -0.125. The first kappa shape index (κ1) is 21.5. The summed E-state index contributed by atoms with van der Waals surface area (Å²) in [5.41, 5.74) is 2.91. The van der Waals surface area contributed by atoms with Crippen LogP contribution in [0.5, 0.6) is 11.5 Å². The largest absolute Gasteiger partial charge is 0.493 e. The monoisotopic (exact) mass is 423 g/mol. The second-order valence-electron chi connectivity index (χ2n) is 6.43. The van der Waals surface area contributed by atoms with Gasteiger partial charge in [-0.15, -0.1) is 11.3 Å².